The Balaban J connectivity index is 2.18. The van der Waals surface area contributed by atoms with Gasteiger partial charge in [0.15, 0.2) is 0 Å². The van der Waals surface area contributed by atoms with E-state index in [1.807, 2.05) is 55.5 Å². The smallest absolute Gasteiger partial charge is 0.312 e. The molecule has 1 unspecified atom stereocenters. The predicted molar refractivity (Wildman–Crippen MR) is 82.2 cm³/mol. The number of esters is 1. The average Bonchev–Trinajstić information content (AvgIpc) is 2.52. The molecule has 0 amide bonds. The Bertz CT molecular complexity index is 600. The number of ether oxygens (including phenoxy) is 1. The lowest BCUT2D eigenvalue weighted by Gasteiger charge is -2.09. The molecule has 2 aromatic carbocycles. The van der Waals surface area contributed by atoms with Crippen molar-refractivity contribution in [2.24, 2.45) is 0 Å². The van der Waals surface area contributed by atoms with E-state index >= 15 is 0 Å². The zero-order chi connectivity index (χ0) is 14.4. The molecule has 0 saturated heterocycles. The Kier molecular flexibility index (Phi) is 4.72. The van der Waals surface area contributed by atoms with E-state index in [2.05, 4.69) is 18.2 Å². The molecule has 0 heterocycles. The van der Waals surface area contributed by atoms with Gasteiger partial charge in [0.05, 0.1) is 13.0 Å². The fraction of sp³-hybridized carbons (Fsp3) is 0.167. The molecular weight excluding hydrogens is 248 g/mol. The topological polar surface area (TPSA) is 26.3 Å². The van der Waals surface area contributed by atoms with Crippen molar-refractivity contribution < 1.29 is 9.53 Å². The minimum absolute atomic E-state index is 0.214. The van der Waals surface area contributed by atoms with Gasteiger partial charge in [0.1, 0.15) is 0 Å². The first kappa shape index (κ1) is 14.1. The lowest BCUT2D eigenvalue weighted by atomic mass is 9.99. The molecule has 0 fully saturated rings. The Morgan fingerprint density at radius 2 is 1.65 bits per heavy atom. The van der Waals surface area contributed by atoms with Crippen LogP contribution in [0.2, 0.25) is 0 Å². The van der Waals surface area contributed by atoms with Crippen LogP contribution in [-0.4, -0.2) is 13.1 Å². The van der Waals surface area contributed by atoms with Crippen molar-refractivity contribution in [1.82, 2.24) is 0 Å². The fourth-order valence-corrected chi connectivity index (χ4v) is 2.00. The van der Waals surface area contributed by atoms with Crippen molar-refractivity contribution in [1.29, 1.82) is 0 Å². The predicted octanol–water partition coefficient (Wildman–Crippen LogP) is 4.13. The largest absolute Gasteiger partial charge is 0.469 e. The number of methoxy groups -OCH3 is 1. The third-order valence-corrected chi connectivity index (χ3v) is 3.23. The molecule has 0 aliphatic carbocycles. The van der Waals surface area contributed by atoms with E-state index in [-0.39, 0.29) is 11.9 Å². The van der Waals surface area contributed by atoms with Gasteiger partial charge in [-0.1, -0.05) is 66.7 Å². The molecule has 2 nitrogen and oxygen atoms in total. The first-order valence-corrected chi connectivity index (χ1v) is 6.61. The Labute approximate surface area is 119 Å². The average molecular weight is 266 g/mol. The van der Waals surface area contributed by atoms with Crippen molar-refractivity contribution in [2.75, 3.05) is 7.11 Å². The normalized spacial score (nSPS) is 12.3. The lowest BCUT2D eigenvalue weighted by molar-refractivity contribution is -0.141. The van der Waals surface area contributed by atoms with Gasteiger partial charge < -0.3 is 4.74 Å². The highest BCUT2D eigenvalue weighted by molar-refractivity contribution is 5.78. The van der Waals surface area contributed by atoms with Gasteiger partial charge in [-0.05, 0) is 23.6 Å². The summed E-state index contributed by atoms with van der Waals surface area (Å²) in [6.45, 7) is 1.85. The maximum Gasteiger partial charge on any atom is 0.312 e. The second kappa shape index (κ2) is 6.71. The highest BCUT2D eigenvalue weighted by Gasteiger charge is 2.15. The van der Waals surface area contributed by atoms with E-state index in [0.29, 0.717) is 0 Å². The van der Waals surface area contributed by atoms with Gasteiger partial charge in [0, 0.05) is 0 Å². The number of carbonyl (C=O) groups excluding carboxylic acids is 1. The van der Waals surface area contributed by atoms with Gasteiger partial charge >= 0.3 is 5.97 Å². The fourth-order valence-electron chi connectivity index (χ4n) is 2.00. The van der Waals surface area contributed by atoms with Crippen LogP contribution in [0.4, 0.5) is 0 Å². The summed E-state index contributed by atoms with van der Waals surface area (Å²) >= 11 is 0. The van der Waals surface area contributed by atoms with Gasteiger partial charge in [0.2, 0.25) is 0 Å². The molecule has 0 aliphatic rings. The summed E-state index contributed by atoms with van der Waals surface area (Å²) in [5, 5.41) is 0. The van der Waals surface area contributed by atoms with Gasteiger partial charge in [-0.25, -0.2) is 0 Å². The van der Waals surface area contributed by atoms with Gasteiger partial charge in [-0.3, -0.25) is 4.79 Å². The number of rotatable bonds is 4. The van der Waals surface area contributed by atoms with E-state index in [9.17, 15) is 4.79 Å². The second-order valence-corrected chi connectivity index (χ2v) is 4.66. The number of hydrogen-bond acceptors (Lipinski definition) is 2. The van der Waals surface area contributed by atoms with Crippen molar-refractivity contribution in [2.45, 2.75) is 12.8 Å². The van der Waals surface area contributed by atoms with Crippen LogP contribution < -0.4 is 0 Å². The lowest BCUT2D eigenvalue weighted by Crippen LogP contribution is -2.10. The van der Waals surface area contributed by atoms with Crippen molar-refractivity contribution in [3.05, 3.63) is 71.3 Å². The molecule has 0 saturated carbocycles. The van der Waals surface area contributed by atoms with E-state index in [4.69, 9.17) is 4.74 Å². The summed E-state index contributed by atoms with van der Waals surface area (Å²) in [6.07, 6.45) is 4.10. The van der Waals surface area contributed by atoms with Crippen LogP contribution in [0.25, 0.3) is 12.2 Å². The van der Waals surface area contributed by atoms with Crippen molar-refractivity contribution >= 4 is 18.1 Å². The third-order valence-electron chi connectivity index (χ3n) is 3.23. The van der Waals surface area contributed by atoms with E-state index in [0.717, 1.165) is 16.7 Å². The van der Waals surface area contributed by atoms with Crippen LogP contribution in [0, 0.1) is 0 Å². The van der Waals surface area contributed by atoms with E-state index < -0.39 is 0 Å². The monoisotopic (exact) mass is 266 g/mol. The van der Waals surface area contributed by atoms with Crippen molar-refractivity contribution in [3.63, 3.8) is 0 Å². The second-order valence-electron chi connectivity index (χ2n) is 4.66. The molecule has 2 rings (SSSR count). The molecule has 0 spiro atoms. The maximum atomic E-state index is 11.6. The van der Waals surface area contributed by atoms with Gasteiger partial charge in [0.25, 0.3) is 0 Å². The molecule has 0 aliphatic heterocycles. The minimum atomic E-state index is -0.245. The SMILES string of the molecule is COC(=O)C(C)c1cccc(C=Cc2ccccc2)c1. The van der Waals surface area contributed by atoms with Crippen molar-refractivity contribution in [3.8, 4) is 0 Å². The first-order valence-electron chi connectivity index (χ1n) is 6.61. The Morgan fingerprint density at radius 1 is 1.00 bits per heavy atom. The highest BCUT2D eigenvalue weighted by atomic mass is 16.5. The highest BCUT2D eigenvalue weighted by Crippen LogP contribution is 2.19. The number of carbonyl (C=O) groups is 1. The van der Waals surface area contributed by atoms with Crippen LogP contribution in [0.3, 0.4) is 0 Å². The van der Waals surface area contributed by atoms with Crippen LogP contribution in [0.5, 0.6) is 0 Å². The molecule has 20 heavy (non-hydrogen) atoms. The van der Waals surface area contributed by atoms with Gasteiger partial charge in [-0.15, -0.1) is 0 Å². The summed E-state index contributed by atoms with van der Waals surface area (Å²) in [5.41, 5.74) is 3.19. The molecule has 0 N–H and O–H groups in total. The Morgan fingerprint density at radius 3 is 2.35 bits per heavy atom. The quantitative estimate of drug-likeness (QED) is 0.614. The summed E-state index contributed by atoms with van der Waals surface area (Å²) < 4.78 is 4.78. The summed E-state index contributed by atoms with van der Waals surface area (Å²) in [7, 11) is 1.41. The summed E-state index contributed by atoms with van der Waals surface area (Å²) in [5.74, 6) is -0.459. The molecule has 1 atom stereocenters. The third kappa shape index (κ3) is 3.58. The van der Waals surface area contributed by atoms with E-state index in [1.54, 1.807) is 0 Å². The summed E-state index contributed by atoms with van der Waals surface area (Å²) in [6, 6.07) is 18.1. The molecule has 0 bridgehead atoms. The van der Waals surface area contributed by atoms with E-state index in [1.165, 1.54) is 7.11 Å². The first-order chi connectivity index (χ1) is 9.70. The van der Waals surface area contributed by atoms with Crippen LogP contribution in [0.15, 0.2) is 54.6 Å². The summed E-state index contributed by atoms with van der Waals surface area (Å²) in [4.78, 5) is 11.6. The number of benzene rings is 2. The number of hydrogen-bond donors (Lipinski definition) is 0. The van der Waals surface area contributed by atoms with Crippen LogP contribution in [-0.2, 0) is 9.53 Å². The maximum absolute atomic E-state index is 11.6. The zero-order valence-corrected chi connectivity index (χ0v) is 11.7. The van der Waals surface area contributed by atoms with Crippen LogP contribution >= 0.6 is 0 Å². The van der Waals surface area contributed by atoms with Crippen LogP contribution in [0.1, 0.15) is 29.5 Å². The standard InChI is InChI=1S/C18H18O2/c1-14(18(19)20-2)17-10-6-9-16(13-17)12-11-15-7-4-3-5-8-15/h3-14H,1-2H3. The Hall–Kier alpha value is -2.35. The molecule has 2 aromatic rings. The molecule has 2 heteroatoms. The molecule has 0 aromatic heterocycles. The zero-order valence-electron chi connectivity index (χ0n) is 11.7. The molecular formula is C18H18O2. The van der Waals surface area contributed by atoms with Gasteiger partial charge in [-0.2, -0.15) is 0 Å². The molecule has 0 radical (unpaired) electrons. The molecule has 102 valence electrons. The minimum Gasteiger partial charge on any atom is -0.469 e.